The van der Waals surface area contributed by atoms with Crippen LogP contribution >= 0.6 is 11.6 Å². The molecule has 1 aromatic carbocycles. The van der Waals surface area contributed by atoms with Gasteiger partial charge in [-0.05, 0) is 93.9 Å². The van der Waals surface area contributed by atoms with Crippen molar-refractivity contribution in [1.82, 2.24) is 9.80 Å². The number of alkyl halides is 1. The summed E-state index contributed by atoms with van der Waals surface area (Å²) in [6.07, 6.45) is -3.89. The molecule has 0 radical (unpaired) electrons. The normalized spacial score (nSPS) is 12.5. The summed E-state index contributed by atoms with van der Waals surface area (Å²) in [6, 6.07) is 4.43. The van der Waals surface area contributed by atoms with Crippen molar-refractivity contribution in [3.8, 4) is 0 Å². The van der Waals surface area contributed by atoms with Crippen LogP contribution in [0.4, 0.5) is 24.9 Å². The lowest BCUT2D eigenvalue weighted by atomic mass is 10.1. The second-order valence-corrected chi connectivity index (χ2v) is 12.6. The number of benzene rings is 1. The zero-order valence-electron chi connectivity index (χ0n) is 26.4. The molecule has 0 aliphatic heterocycles. The summed E-state index contributed by atoms with van der Waals surface area (Å²) in [5, 5.41) is 0. The molecule has 236 valence electrons. The van der Waals surface area contributed by atoms with Crippen LogP contribution in [0, 0.1) is 0 Å². The molecule has 0 heterocycles. The zero-order valence-corrected chi connectivity index (χ0v) is 27.2. The minimum Gasteiger partial charge on any atom is -0.445 e. The summed E-state index contributed by atoms with van der Waals surface area (Å²) in [7, 11) is 0. The van der Waals surface area contributed by atoms with E-state index < -0.39 is 53.1 Å². The minimum absolute atomic E-state index is 0.0248. The average molecular weight is 614 g/mol. The largest absolute Gasteiger partial charge is 0.445 e. The lowest BCUT2D eigenvalue weighted by Crippen LogP contribution is -2.56. The first-order valence-corrected chi connectivity index (χ1v) is 14.0. The fraction of sp³-hybridized carbons (Fsp3) is 0.621. The van der Waals surface area contributed by atoms with Crippen LogP contribution in [-0.4, -0.2) is 75.5 Å². The molecule has 1 atom stereocenters. The van der Waals surface area contributed by atoms with Crippen LogP contribution in [0.5, 0.6) is 0 Å². The fourth-order valence-electron chi connectivity index (χ4n) is 3.18. The van der Waals surface area contributed by atoms with Crippen LogP contribution in [0.25, 0.3) is 0 Å². The molecule has 0 bridgehead atoms. The van der Waals surface area contributed by atoms with Gasteiger partial charge in [0.1, 0.15) is 29.5 Å². The molecule has 0 aliphatic carbocycles. The average Bonchev–Trinajstić information content (AvgIpc) is 2.81. The maximum atomic E-state index is 13.9. The second-order valence-electron chi connectivity index (χ2n) is 12.4. The zero-order chi connectivity index (χ0) is 32.6. The first kappa shape index (κ1) is 36.5. The van der Waals surface area contributed by atoms with Crippen LogP contribution in [0.2, 0.25) is 0 Å². The van der Waals surface area contributed by atoms with Crippen molar-refractivity contribution >= 4 is 47.6 Å². The third-order valence-corrected chi connectivity index (χ3v) is 5.35. The van der Waals surface area contributed by atoms with Gasteiger partial charge in [0.25, 0.3) is 5.91 Å². The van der Waals surface area contributed by atoms with Crippen molar-refractivity contribution in [2.24, 2.45) is 0 Å². The number of nitrogens with zero attached hydrogens (tertiary/aromatic N) is 3. The maximum Gasteiger partial charge on any atom is 0.421 e. The lowest BCUT2D eigenvalue weighted by Gasteiger charge is -2.33. The topological polar surface area (TPSA) is 132 Å². The Morgan fingerprint density at radius 1 is 0.738 bits per heavy atom. The number of carbonyl (C=O) groups is 5. The first-order chi connectivity index (χ1) is 19.1. The Bertz CT molecular complexity index is 1090. The highest BCUT2D eigenvalue weighted by Crippen LogP contribution is 2.24. The Morgan fingerprint density at radius 2 is 1.17 bits per heavy atom. The van der Waals surface area contributed by atoms with Crippen LogP contribution < -0.4 is 4.90 Å². The van der Waals surface area contributed by atoms with Gasteiger partial charge < -0.3 is 18.9 Å². The Kier molecular flexibility index (Phi) is 12.7. The van der Waals surface area contributed by atoms with Gasteiger partial charge in [0, 0.05) is 6.54 Å². The summed E-state index contributed by atoms with van der Waals surface area (Å²) in [5.74, 6) is -0.958. The predicted molar refractivity (Wildman–Crippen MR) is 157 cm³/mol. The van der Waals surface area contributed by atoms with Crippen LogP contribution in [0.1, 0.15) is 81.7 Å². The van der Waals surface area contributed by atoms with E-state index in [4.69, 9.17) is 30.5 Å². The van der Waals surface area contributed by atoms with Crippen LogP contribution in [-0.2, 0) is 30.3 Å². The number of hydrogen-bond donors (Lipinski definition) is 0. The molecule has 0 spiro atoms. The Morgan fingerprint density at radius 3 is 1.55 bits per heavy atom. The van der Waals surface area contributed by atoms with Crippen molar-refractivity contribution in [2.45, 2.75) is 106 Å². The van der Waals surface area contributed by atoms with Gasteiger partial charge >= 0.3 is 24.4 Å². The molecule has 0 saturated carbocycles. The summed E-state index contributed by atoms with van der Waals surface area (Å²) in [4.78, 5) is 68.1. The molecule has 13 heteroatoms. The lowest BCUT2D eigenvalue weighted by molar-refractivity contribution is -0.123. The maximum absolute atomic E-state index is 13.9. The van der Waals surface area contributed by atoms with E-state index in [1.165, 1.54) is 24.0 Å². The van der Waals surface area contributed by atoms with Gasteiger partial charge in [-0.15, -0.1) is 11.6 Å². The molecule has 5 amide bonds. The van der Waals surface area contributed by atoms with Gasteiger partial charge in [-0.3, -0.25) is 9.69 Å². The predicted octanol–water partition coefficient (Wildman–Crippen LogP) is 6.67. The highest BCUT2D eigenvalue weighted by molar-refractivity contribution is 6.18. The standard InChI is InChI=1S/C29H44ClN3O9/c1-12-31(18-30)23(35)39-17-20-13-15-21(16-14-20)33(26(38)42-29(9,10)11)22(34)19(2)32(24(36)40-27(3,4)5)25(37)41-28(6,7)8/h13-16,19H,12,17-18H2,1-11H3. The van der Waals surface area contributed by atoms with Crippen molar-refractivity contribution in [1.29, 1.82) is 0 Å². The number of hydrogen-bond acceptors (Lipinski definition) is 9. The number of carbonyl (C=O) groups excluding carboxylic acids is 5. The Balaban J connectivity index is 3.45. The number of rotatable bonds is 7. The summed E-state index contributed by atoms with van der Waals surface area (Å²) in [5.41, 5.74) is -2.33. The highest BCUT2D eigenvalue weighted by Gasteiger charge is 2.42. The van der Waals surface area contributed by atoms with E-state index in [2.05, 4.69) is 0 Å². The molecule has 1 rings (SSSR count). The van der Waals surface area contributed by atoms with Crippen molar-refractivity contribution in [3.05, 3.63) is 29.8 Å². The molecule has 12 nitrogen and oxygen atoms in total. The molecule has 0 aliphatic rings. The Labute approximate surface area is 253 Å². The number of ether oxygens (including phenoxy) is 4. The van der Waals surface area contributed by atoms with Crippen LogP contribution in [0.15, 0.2) is 24.3 Å². The number of imide groups is 2. The third-order valence-electron chi connectivity index (χ3n) is 5.06. The van der Waals surface area contributed by atoms with E-state index in [0.29, 0.717) is 17.0 Å². The van der Waals surface area contributed by atoms with E-state index in [1.807, 2.05) is 0 Å². The van der Waals surface area contributed by atoms with Crippen molar-refractivity contribution in [3.63, 3.8) is 0 Å². The van der Waals surface area contributed by atoms with E-state index in [9.17, 15) is 24.0 Å². The quantitative estimate of drug-likeness (QED) is 0.188. The van der Waals surface area contributed by atoms with Gasteiger partial charge in [0.2, 0.25) is 0 Å². The number of anilines is 1. The SMILES string of the molecule is CCN(CCl)C(=O)OCc1ccc(N(C(=O)OC(C)(C)C)C(=O)C(C)N(C(=O)OC(C)(C)C)C(=O)OC(C)(C)C)cc1. The van der Waals surface area contributed by atoms with Crippen molar-refractivity contribution < 1.29 is 42.9 Å². The van der Waals surface area contributed by atoms with E-state index >= 15 is 0 Å². The first-order valence-electron chi connectivity index (χ1n) is 13.5. The van der Waals surface area contributed by atoms with Gasteiger partial charge in [0.05, 0.1) is 11.7 Å². The molecule has 0 aromatic heterocycles. The number of amides is 5. The second kappa shape index (κ2) is 14.6. The van der Waals surface area contributed by atoms with Gasteiger partial charge in [0.15, 0.2) is 0 Å². The number of halogens is 1. The summed E-state index contributed by atoms with van der Waals surface area (Å²) >= 11 is 5.74. The fourth-order valence-corrected chi connectivity index (χ4v) is 3.45. The van der Waals surface area contributed by atoms with E-state index in [-0.39, 0.29) is 18.3 Å². The minimum atomic E-state index is -1.54. The molecular formula is C29H44ClN3O9. The molecule has 1 unspecified atom stereocenters. The molecule has 0 saturated heterocycles. The smallest absolute Gasteiger partial charge is 0.421 e. The van der Waals surface area contributed by atoms with Gasteiger partial charge in [-0.25, -0.2) is 24.1 Å². The van der Waals surface area contributed by atoms with Gasteiger partial charge in [-0.1, -0.05) is 12.1 Å². The third kappa shape index (κ3) is 11.8. The molecular weight excluding hydrogens is 570 g/mol. The summed E-state index contributed by atoms with van der Waals surface area (Å²) in [6.45, 7) is 17.8. The molecule has 1 aromatic rings. The highest BCUT2D eigenvalue weighted by atomic mass is 35.5. The monoisotopic (exact) mass is 613 g/mol. The molecule has 42 heavy (non-hydrogen) atoms. The van der Waals surface area contributed by atoms with Crippen molar-refractivity contribution in [2.75, 3.05) is 17.4 Å². The summed E-state index contributed by atoms with van der Waals surface area (Å²) < 4.78 is 21.5. The molecule has 0 N–H and O–H groups in total. The van der Waals surface area contributed by atoms with Gasteiger partial charge in [-0.2, -0.15) is 4.90 Å². The molecule has 0 fully saturated rings. The van der Waals surface area contributed by atoms with E-state index in [1.54, 1.807) is 81.4 Å². The Hall–Kier alpha value is -3.54. The van der Waals surface area contributed by atoms with E-state index in [0.717, 1.165) is 4.90 Å². The van der Waals surface area contributed by atoms with Crippen LogP contribution in [0.3, 0.4) is 0 Å².